The fourth-order valence-electron chi connectivity index (χ4n) is 1.14. The number of benzene rings is 1. The van der Waals surface area contributed by atoms with E-state index < -0.39 is 0 Å². The van der Waals surface area contributed by atoms with E-state index in [-0.39, 0.29) is 7.47 Å². The summed E-state index contributed by atoms with van der Waals surface area (Å²) < 4.78 is 5.94. The molecule has 0 spiro atoms. The Hall–Kier alpha value is 0.940. The Bertz CT molecular complexity index is 325. The van der Waals surface area contributed by atoms with E-state index in [1.54, 1.807) is 0 Å². The molecule has 0 aliphatic carbocycles. The van der Waals surface area contributed by atoms with Crippen LogP contribution in [0.15, 0.2) is 18.2 Å². The smallest absolute Gasteiger partial charge is 0.119 e. The molecular formula is C10H10Br4O. The molecule has 0 aliphatic rings. The van der Waals surface area contributed by atoms with Crippen molar-refractivity contribution in [1.29, 1.82) is 0 Å². The SMILES string of the molecule is Cc1cc(OCC(Br)Br)ccc1C(Br)Br. The van der Waals surface area contributed by atoms with Gasteiger partial charge in [0.25, 0.3) is 0 Å². The van der Waals surface area contributed by atoms with Crippen molar-refractivity contribution >= 4 is 63.7 Å². The Morgan fingerprint density at radius 1 is 1.20 bits per heavy atom. The summed E-state index contributed by atoms with van der Waals surface area (Å²) in [6.07, 6.45) is 0. The molecule has 0 radical (unpaired) electrons. The van der Waals surface area contributed by atoms with E-state index >= 15 is 0 Å². The van der Waals surface area contributed by atoms with E-state index in [2.05, 4.69) is 76.7 Å². The standard InChI is InChI=1S/C10H10Br4O/c1-6-4-7(15-5-9(11)12)2-3-8(6)10(13)14/h2-4,9-10H,5H2,1H3. The van der Waals surface area contributed by atoms with Crippen molar-refractivity contribution in [3.63, 3.8) is 0 Å². The summed E-state index contributed by atoms with van der Waals surface area (Å²) >= 11 is 13.7. The normalized spacial score (nSPS) is 11.1. The van der Waals surface area contributed by atoms with Crippen molar-refractivity contribution in [3.8, 4) is 5.75 Å². The predicted molar refractivity (Wildman–Crippen MR) is 78.9 cm³/mol. The highest BCUT2D eigenvalue weighted by Gasteiger charge is 2.07. The van der Waals surface area contributed by atoms with Crippen LogP contribution in [0.4, 0.5) is 0 Å². The molecule has 0 fully saturated rings. The zero-order chi connectivity index (χ0) is 11.4. The second-order valence-corrected chi connectivity index (χ2v) is 9.52. The average Bonchev–Trinajstić information content (AvgIpc) is 2.14. The minimum atomic E-state index is 0.185. The van der Waals surface area contributed by atoms with E-state index in [4.69, 9.17) is 4.74 Å². The van der Waals surface area contributed by atoms with Crippen LogP contribution in [-0.4, -0.2) is 10.3 Å². The highest BCUT2D eigenvalue weighted by molar-refractivity contribution is 9.24. The lowest BCUT2D eigenvalue weighted by Gasteiger charge is -2.11. The fraction of sp³-hybridized carbons (Fsp3) is 0.400. The number of aryl methyl sites for hydroxylation is 1. The molecule has 0 bridgehead atoms. The summed E-state index contributed by atoms with van der Waals surface area (Å²) in [6.45, 7) is 2.67. The molecule has 1 aromatic carbocycles. The first kappa shape index (κ1) is 14.0. The number of alkyl halides is 4. The van der Waals surface area contributed by atoms with E-state index in [0.717, 1.165) is 5.75 Å². The summed E-state index contributed by atoms with van der Waals surface area (Å²) in [5.74, 6) is 0.890. The van der Waals surface area contributed by atoms with Gasteiger partial charge in [-0.05, 0) is 30.2 Å². The molecule has 0 saturated heterocycles. The van der Waals surface area contributed by atoms with Crippen LogP contribution in [0.5, 0.6) is 5.75 Å². The van der Waals surface area contributed by atoms with Gasteiger partial charge in [-0.2, -0.15) is 0 Å². The first-order valence-electron chi connectivity index (χ1n) is 4.30. The van der Waals surface area contributed by atoms with Gasteiger partial charge in [-0.15, -0.1) is 0 Å². The van der Waals surface area contributed by atoms with Crippen LogP contribution in [0, 0.1) is 6.92 Å². The molecular weight excluding hydrogens is 456 g/mol. The van der Waals surface area contributed by atoms with Crippen molar-refractivity contribution in [1.82, 2.24) is 0 Å². The number of hydrogen-bond acceptors (Lipinski definition) is 1. The molecule has 0 amide bonds. The maximum atomic E-state index is 5.56. The quantitative estimate of drug-likeness (QED) is 0.550. The third-order valence-corrected chi connectivity index (χ3v) is 3.37. The molecule has 15 heavy (non-hydrogen) atoms. The van der Waals surface area contributed by atoms with Gasteiger partial charge in [-0.25, -0.2) is 0 Å². The number of halogens is 4. The van der Waals surface area contributed by atoms with Crippen LogP contribution in [0.2, 0.25) is 0 Å². The summed E-state index contributed by atoms with van der Waals surface area (Å²) in [7, 11) is 0. The average molecular weight is 466 g/mol. The van der Waals surface area contributed by atoms with Crippen LogP contribution in [-0.2, 0) is 0 Å². The monoisotopic (exact) mass is 462 g/mol. The van der Waals surface area contributed by atoms with Gasteiger partial charge in [0.05, 0.1) is 3.74 Å². The highest BCUT2D eigenvalue weighted by Crippen LogP contribution is 2.33. The molecule has 0 aromatic heterocycles. The maximum Gasteiger partial charge on any atom is 0.119 e. The Balaban J connectivity index is 2.73. The van der Waals surface area contributed by atoms with E-state index in [1.807, 2.05) is 12.1 Å². The Labute approximate surface area is 123 Å². The summed E-state index contributed by atoms with van der Waals surface area (Å²) in [4.78, 5) is 0. The molecule has 0 N–H and O–H groups in total. The minimum Gasteiger partial charge on any atom is -0.492 e. The summed E-state index contributed by atoms with van der Waals surface area (Å²) in [6, 6.07) is 6.06. The van der Waals surface area contributed by atoms with Crippen LogP contribution >= 0.6 is 63.7 Å². The first-order chi connectivity index (χ1) is 7.00. The molecule has 0 aliphatic heterocycles. The van der Waals surface area contributed by atoms with Gasteiger partial charge in [0.15, 0.2) is 0 Å². The lowest BCUT2D eigenvalue weighted by Crippen LogP contribution is -2.04. The number of ether oxygens (including phenoxy) is 1. The zero-order valence-electron chi connectivity index (χ0n) is 8.01. The van der Waals surface area contributed by atoms with Crippen molar-refractivity contribution in [2.24, 2.45) is 0 Å². The van der Waals surface area contributed by atoms with Crippen molar-refractivity contribution < 1.29 is 4.74 Å². The lowest BCUT2D eigenvalue weighted by molar-refractivity contribution is 0.340. The molecule has 0 saturated carbocycles. The van der Waals surface area contributed by atoms with Gasteiger partial charge in [-0.3, -0.25) is 0 Å². The first-order valence-corrected chi connectivity index (χ1v) is 7.96. The molecule has 1 rings (SSSR count). The molecule has 5 heteroatoms. The van der Waals surface area contributed by atoms with Gasteiger partial charge in [-0.1, -0.05) is 69.8 Å². The van der Waals surface area contributed by atoms with Crippen molar-refractivity contribution in [2.45, 2.75) is 14.4 Å². The second-order valence-electron chi connectivity index (χ2n) is 3.02. The van der Waals surface area contributed by atoms with Gasteiger partial charge in [0.1, 0.15) is 16.1 Å². The Morgan fingerprint density at radius 2 is 1.87 bits per heavy atom. The molecule has 1 nitrogen and oxygen atoms in total. The van der Waals surface area contributed by atoms with E-state index in [0.29, 0.717) is 6.61 Å². The van der Waals surface area contributed by atoms with Crippen LogP contribution in [0.3, 0.4) is 0 Å². The van der Waals surface area contributed by atoms with Gasteiger partial charge < -0.3 is 4.74 Å². The highest BCUT2D eigenvalue weighted by atomic mass is 79.9. The molecule has 0 unspecified atom stereocenters. The largest absolute Gasteiger partial charge is 0.492 e. The lowest BCUT2D eigenvalue weighted by atomic mass is 10.1. The third-order valence-electron chi connectivity index (χ3n) is 1.85. The number of rotatable bonds is 4. The van der Waals surface area contributed by atoms with Gasteiger partial charge in [0.2, 0.25) is 0 Å². The Kier molecular flexibility index (Phi) is 6.18. The zero-order valence-corrected chi connectivity index (χ0v) is 14.4. The van der Waals surface area contributed by atoms with Crippen LogP contribution in [0.1, 0.15) is 14.9 Å². The second kappa shape index (κ2) is 6.62. The number of hydrogen-bond donors (Lipinski definition) is 0. The van der Waals surface area contributed by atoms with E-state index in [9.17, 15) is 0 Å². The molecule has 1 aromatic rings. The molecule has 0 heterocycles. The van der Waals surface area contributed by atoms with Gasteiger partial charge >= 0.3 is 0 Å². The Morgan fingerprint density at radius 3 is 2.33 bits per heavy atom. The minimum absolute atomic E-state index is 0.185. The molecule has 0 atom stereocenters. The van der Waals surface area contributed by atoms with Crippen LogP contribution in [0.25, 0.3) is 0 Å². The summed E-state index contributed by atoms with van der Waals surface area (Å²) in [5.41, 5.74) is 2.42. The summed E-state index contributed by atoms with van der Waals surface area (Å²) in [5, 5.41) is 0. The maximum absolute atomic E-state index is 5.56. The van der Waals surface area contributed by atoms with Crippen LogP contribution < -0.4 is 4.74 Å². The van der Waals surface area contributed by atoms with Crippen molar-refractivity contribution in [2.75, 3.05) is 6.61 Å². The predicted octanol–water partition coefficient (Wildman–Crippen LogP) is 5.28. The van der Waals surface area contributed by atoms with Gasteiger partial charge in [0, 0.05) is 0 Å². The fourth-order valence-corrected chi connectivity index (χ4v) is 2.43. The van der Waals surface area contributed by atoms with E-state index in [1.165, 1.54) is 11.1 Å². The molecule has 84 valence electrons. The topological polar surface area (TPSA) is 9.23 Å². The third kappa shape index (κ3) is 4.75. The van der Waals surface area contributed by atoms with Crippen molar-refractivity contribution in [3.05, 3.63) is 29.3 Å².